The van der Waals surface area contributed by atoms with Crippen molar-refractivity contribution >= 4 is 0 Å². The van der Waals surface area contributed by atoms with Gasteiger partial charge in [-0.3, -0.25) is 0 Å². The summed E-state index contributed by atoms with van der Waals surface area (Å²) < 4.78 is 18.2. The predicted molar refractivity (Wildman–Crippen MR) is 120 cm³/mol. The maximum Gasteiger partial charge on any atom is 0.134 e. The first-order valence-electron chi connectivity index (χ1n) is 9.92. The van der Waals surface area contributed by atoms with Crippen LogP contribution < -0.4 is 14.2 Å². The third kappa shape index (κ3) is 5.21. The fourth-order valence-electron chi connectivity index (χ4n) is 2.95. The van der Waals surface area contributed by atoms with E-state index in [1.165, 1.54) is 16.7 Å². The fourth-order valence-corrected chi connectivity index (χ4v) is 2.95. The largest absolute Gasteiger partial charge is 0.457 e. The SMILES string of the molecule is Cc1ccc(Oc2cc(Oc3ccc(C)cc3)cc(Oc3ccc(C)cc3)c2)cc1. The lowest BCUT2D eigenvalue weighted by Crippen LogP contribution is -1.91. The van der Waals surface area contributed by atoms with Crippen LogP contribution in [0.4, 0.5) is 0 Å². The van der Waals surface area contributed by atoms with Gasteiger partial charge in [-0.15, -0.1) is 0 Å². The third-order valence-electron chi connectivity index (χ3n) is 4.62. The van der Waals surface area contributed by atoms with Crippen LogP contribution in [0.25, 0.3) is 0 Å². The smallest absolute Gasteiger partial charge is 0.134 e. The molecule has 0 unspecified atom stereocenters. The molecule has 0 aliphatic carbocycles. The van der Waals surface area contributed by atoms with Crippen LogP contribution in [-0.2, 0) is 0 Å². The van der Waals surface area contributed by atoms with Gasteiger partial charge in [0.25, 0.3) is 0 Å². The third-order valence-corrected chi connectivity index (χ3v) is 4.62. The van der Waals surface area contributed by atoms with Crippen molar-refractivity contribution in [1.29, 1.82) is 0 Å². The highest BCUT2D eigenvalue weighted by Gasteiger charge is 2.08. The van der Waals surface area contributed by atoms with E-state index in [0.29, 0.717) is 17.2 Å². The molecule has 3 heteroatoms. The standard InChI is InChI=1S/C27H24O3/c1-19-4-10-22(11-5-19)28-25-16-26(29-23-12-6-20(2)7-13-23)18-27(17-25)30-24-14-8-21(3)9-15-24/h4-18H,1-3H3. The Morgan fingerprint density at radius 2 is 0.567 bits per heavy atom. The Morgan fingerprint density at radius 3 is 0.800 bits per heavy atom. The summed E-state index contributed by atoms with van der Waals surface area (Å²) in [6.45, 7) is 6.15. The molecule has 0 aliphatic rings. The van der Waals surface area contributed by atoms with Gasteiger partial charge in [-0.05, 0) is 57.2 Å². The van der Waals surface area contributed by atoms with Gasteiger partial charge < -0.3 is 14.2 Å². The molecule has 0 bridgehead atoms. The lowest BCUT2D eigenvalue weighted by Gasteiger charge is -2.13. The van der Waals surface area contributed by atoms with Crippen LogP contribution in [0, 0.1) is 20.8 Å². The second-order valence-corrected chi connectivity index (χ2v) is 7.39. The van der Waals surface area contributed by atoms with E-state index < -0.39 is 0 Å². The molecule has 4 rings (SSSR count). The van der Waals surface area contributed by atoms with Gasteiger partial charge in [0.1, 0.15) is 34.5 Å². The maximum atomic E-state index is 6.07. The summed E-state index contributed by atoms with van der Waals surface area (Å²) in [5.74, 6) is 4.21. The molecule has 3 nitrogen and oxygen atoms in total. The summed E-state index contributed by atoms with van der Waals surface area (Å²) in [7, 11) is 0. The van der Waals surface area contributed by atoms with Gasteiger partial charge in [0.2, 0.25) is 0 Å². The van der Waals surface area contributed by atoms with E-state index in [2.05, 4.69) is 0 Å². The predicted octanol–water partition coefficient (Wildman–Crippen LogP) is 7.99. The molecule has 0 fully saturated rings. The highest BCUT2D eigenvalue weighted by molar-refractivity contribution is 5.47. The molecule has 0 saturated carbocycles. The van der Waals surface area contributed by atoms with Crippen molar-refractivity contribution in [2.45, 2.75) is 20.8 Å². The Bertz CT molecular complexity index is 954. The van der Waals surface area contributed by atoms with Gasteiger partial charge in [-0.1, -0.05) is 53.1 Å². The molecular weight excluding hydrogens is 372 g/mol. The first-order valence-corrected chi connectivity index (χ1v) is 9.92. The van der Waals surface area contributed by atoms with Crippen LogP contribution in [0.2, 0.25) is 0 Å². The molecule has 0 amide bonds. The van der Waals surface area contributed by atoms with Crippen LogP contribution >= 0.6 is 0 Å². The molecule has 0 atom stereocenters. The fraction of sp³-hybridized carbons (Fsp3) is 0.111. The summed E-state index contributed by atoms with van der Waals surface area (Å²) in [4.78, 5) is 0. The summed E-state index contributed by atoms with van der Waals surface area (Å²) >= 11 is 0. The monoisotopic (exact) mass is 396 g/mol. The van der Waals surface area contributed by atoms with Gasteiger partial charge in [0.15, 0.2) is 0 Å². The second-order valence-electron chi connectivity index (χ2n) is 7.39. The van der Waals surface area contributed by atoms with Crippen molar-refractivity contribution in [2.75, 3.05) is 0 Å². The van der Waals surface area contributed by atoms with Crippen LogP contribution in [0.15, 0.2) is 91.0 Å². The van der Waals surface area contributed by atoms with E-state index in [9.17, 15) is 0 Å². The lowest BCUT2D eigenvalue weighted by molar-refractivity contribution is 0.439. The normalized spacial score (nSPS) is 10.5. The average Bonchev–Trinajstić information content (AvgIpc) is 2.73. The van der Waals surface area contributed by atoms with E-state index in [4.69, 9.17) is 14.2 Å². The molecule has 0 aliphatic heterocycles. The molecule has 150 valence electrons. The van der Waals surface area contributed by atoms with E-state index in [1.807, 2.05) is 112 Å². The zero-order chi connectivity index (χ0) is 20.9. The Hall–Kier alpha value is -3.72. The van der Waals surface area contributed by atoms with Crippen molar-refractivity contribution in [3.8, 4) is 34.5 Å². The highest BCUT2D eigenvalue weighted by atomic mass is 16.5. The minimum atomic E-state index is 0.644. The number of aryl methyl sites for hydroxylation is 3. The van der Waals surface area contributed by atoms with Crippen molar-refractivity contribution < 1.29 is 14.2 Å². The van der Waals surface area contributed by atoms with Crippen molar-refractivity contribution in [3.63, 3.8) is 0 Å². The average molecular weight is 396 g/mol. The Morgan fingerprint density at radius 1 is 0.333 bits per heavy atom. The van der Waals surface area contributed by atoms with E-state index in [1.54, 1.807) is 0 Å². The molecule has 4 aromatic carbocycles. The van der Waals surface area contributed by atoms with Crippen molar-refractivity contribution in [1.82, 2.24) is 0 Å². The van der Waals surface area contributed by atoms with Crippen LogP contribution in [-0.4, -0.2) is 0 Å². The highest BCUT2D eigenvalue weighted by Crippen LogP contribution is 2.35. The summed E-state index contributed by atoms with van der Waals surface area (Å²) in [6, 6.07) is 29.4. The van der Waals surface area contributed by atoms with Gasteiger partial charge >= 0.3 is 0 Å². The van der Waals surface area contributed by atoms with Crippen molar-refractivity contribution in [2.24, 2.45) is 0 Å². The minimum Gasteiger partial charge on any atom is -0.457 e. The summed E-state index contributed by atoms with van der Waals surface area (Å²) in [5.41, 5.74) is 3.55. The minimum absolute atomic E-state index is 0.644. The van der Waals surface area contributed by atoms with Gasteiger partial charge in [0.05, 0.1) is 0 Å². The Kier molecular flexibility index (Phi) is 5.71. The maximum absolute atomic E-state index is 6.07. The molecule has 0 spiro atoms. The quantitative estimate of drug-likeness (QED) is 0.330. The molecule has 4 aromatic rings. The summed E-state index contributed by atoms with van der Waals surface area (Å²) in [6.07, 6.45) is 0. The van der Waals surface area contributed by atoms with Gasteiger partial charge in [0, 0.05) is 18.2 Å². The van der Waals surface area contributed by atoms with Gasteiger partial charge in [-0.25, -0.2) is 0 Å². The van der Waals surface area contributed by atoms with Crippen molar-refractivity contribution in [3.05, 3.63) is 108 Å². The number of hydrogen-bond donors (Lipinski definition) is 0. The van der Waals surface area contributed by atoms with Crippen LogP contribution in [0.1, 0.15) is 16.7 Å². The zero-order valence-electron chi connectivity index (χ0n) is 17.4. The molecular formula is C27H24O3. The lowest BCUT2D eigenvalue weighted by atomic mass is 10.2. The van der Waals surface area contributed by atoms with Crippen LogP contribution in [0.3, 0.4) is 0 Å². The van der Waals surface area contributed by atoms with E-state index in [-0.39, 0.29) is 0 Å². The first kappa shape index (κ1) is 19.6. The summed E-state index contributed by atoms with van der Waals surface area (Å²) in [5, 5.41) is 0. The molecule has 0 saturated heterocycles. The molecule has 0 N–H and O–H groups in total. The molecule has 0 aromatic heterocycles. The molecule has 0 heterocycles. The first-order chi connectivity index (χ1) is 14.5. The molecule has 30 heavy (non-hydrogen) atoms. The Labute approximate surface area is 177 Å². The number of ether oxygens (including phenoxy) is 3. The number of benzene rings is 4. The zero-order valence-corrected chi connectivity index (χ0v) is 17.4. The second kappa shape index (κ2) is 8.75. The van der Waals surface area contributed by atoms with Crippen LogP contribution in [0.5, 0.6) is 34.5 Å². The Balaban J connectivity index is 1.64. The number of hydrogen-bond acceptors (Lipinski definition) is 3. The number of rotatable bonds is 6. The van der Waals surface area contributed by atoms with E-state index in [0.717, 1.165) is 17.2 Å². The van der Waals surface area contributed by atoms with Gasteiger partial charge in [-0.2, -0.15) is 0 Å². The topological polar surface area (TPSA) is 27.7 Å². The van der Waals surface area contributed by atoms with E-state index >= 15 is 0 Å². The molecule has 0 radical (unpaired) electrons.